The van der Waals surface area contributed by atoms with Crippen molar-refractivity contribution in [3.8, 4) is 0 Å². The molecule has 0 aliphatic heterocycles. The van der Waals surface area contributed by atoms with E-state index in [1.165, 1.54) is 0 Å². The summed E-state index contributed by atoms with van der Waals surface area (Å²) in [4.78, 5) is 28.4. The van der Waals surface area contributed by atoms with E-state index in [4.69, 9.17) is 5.73 Å². The molecule has 0 aliphatic rings. The molecule has 0 fully saturated rings. The first kappa shape index (κ1) is 18.1. The summed E-state index contributed by atoms with van der Waals surface area (Å²) in [6.45, 7) is 0. The first-order valence-electron chi connectivity index (χ1n) is 8.56. The second kappa shape index (κ2) is 8.62. The van der Waals surface area contributed by atoms with Gasteiger partial charge in [-0.25, -0.2) is 0 Å². The molecule has 0 spiro atoms. The molecule has 0 saturated carbocycles. The monoisotopic (exact) mass is 360 g/mol. The standard InChI is InChI=1S/C21H20N4O2/c22-18-5-1-2-6-19(18)25-21(27)16-8-10-17(11-9-16)24-20(26)12-7-15-4-3-13-23-14-15/h1-6,8-11,13-14H,7,12,22H2,(H,24,26)(H,25,27). The summed E-state index contributed by atoms with van der Waals surface area (Å²) in [6, 6.07) is 17.6. The van der Waals surface area contributed by atoms with Crippen LogP contribution in [0, 0.1) is 0 Å². The number of benzene rings is 2. The topological polar surface area (TPSA) is 97.1 Å². The molecule has 4 N–H and O–H groups in total. The van der Waals surface area contributed by atoms with Gasteiger partial charge in [0.05, 0.1) is 11.4 Å². The minimum Gasteiger partial charge on any atom is -0.397 e. The van der Waals surface area contributed by atoms with Gasteiger partial charge in [-0.3, -0.25) is 14.6 Å². The Balaban J connectivity index is 1.54. The summed E-state index contributed by atoms with van der Waals surface area (Å²) in [5, 5.41) is 5.59. The Bertz CT molecular complexity index is 924. The zero-order valence-corrected chi connectivity index (χ0v) is 14.7. The highest BCUT2D eigenvalue weighted by atomic mass is 16.2. The van der Waals surface area contributed by atoms with Gasteiger partial charge in [0, 0.05) is 30.1 Å². The maximum Gasteiger partial charge on any atom is 0.255 e. The molecule has 1 heterocycles. The van der Waals surface area contributed by atoms with E-state index in [-0.39, 0.29) is 11.8 Å². The number of carbonyl (C=O) groups excluding carboxylic acids is 2. The van der Waals surface area contributed by atoms with Gasteiger partial charge in [0.1, 0.15) is 0 Å². The third kappa shape index (κ3) is 5.15. The highest BCUT2D eigenvalue weighted by Gasteiger charge is 2.09. The number of amides is 2. The first-order valence-corrected chi connectivity index (χ1v) is 8.56. The molecule has 1 aromatic heterocycles. The van der Waals surface area contributed by atoms with Gasteiger partial charge in [-0.2, -0.15) is 0 Å². The fraction of sp³-hybridized carbons (Fsp3) is 0.0952. The number of hydrogen-bond donors (Lipinski definition) is 3. The number of nitrogens with one attached hydrogen (secondary N) is 2. The Morgan fingerprint density at radius 2 is 1.70 bits per heavy atom. The van der Waals surface area contributed by atoms with Crippen LogP contribution in [0.1, 0.15) is 22.3 Å². The molecule has 2 aromatic carbocycles. The maximum atomic E-state index is 12.3. The molecule has 0 radical (unpaired) electrons. The van der Waals surface area contributed by atoms with E-state index in [1.807, 2.05) is 12.1 Å². The molecule has 27 heavy (non-hydrogen) atoms. The zero-order valence-electron chi connectivity index (χ0n) is 14.7. The molecule has 3 aromatic rings. The van der Waals surface area contributed by atoms with Crippen molar-refractivity contribution in [1.29, 1.82) is 0 Å². The molecule has 2 amide bonds. The van der Waals surface area contributed by atoms with Crippen LogP contribution in [0.25, 0.3) is 0 Å². The van der Waals surface area contributed by atoms with Gasteiger partial charge in [-0.1, -0.05) is 18.2 Å². The second-order valence-electron chi connectivity index (χ2n) is 6.03. The number of nitrogens with zero attached hydrogens (tertiary/aromatic N) is 1. The van der Waals surface area contributed by atoms with Crippen molar-refractivity contribution >= 4 is 28.9 Å². The average Bonchev–Trinajstić information content (AvgIpc) is 2.69. The van der Waals surface area contributed by atoms with Crippen molar-refractivity contribution in [1.82, 2.24) is 4.98 Å². The highest BCUT2D eigenvalue weighted by Crippen LogP contribution is 2.18. The van der Waals surface area contributed by atoms with E-state index >= 15 is 0 Å². The Morgan fingerprint density at radius 1 is 0.926 bits per heavy atom. The fourth-order valence-corrected chi connectivity index (χ4v) is 2.54. The number of anilines is 3. The number of aromatic nitrogens is 1. The van der Waals surface area contributed by atoms with E-state index in [1.54, 1.807) is 60.9 Å². The molecular formula is C21H20N4O2. The number of hydrogen-bond acceptors (Lipinski definition) is 4. The van der Waals surface area contributed by atoms with Crippen molar-refractivity contribution in [2.45, 2.75) is 12.8 Å². The minimum absolute atomic E-state index is 0.0897. The molecule has 0 unspecified atom stereocenters. The quantitative estimate of drug-likeness (QED) is 0.586. The smallest absolute Gasteiger partial charge is 0.255 e. The lowest BCUT2D eigenvalue weighted by Crippen LogP contribution is -2.14. The summed E-state index contributed by atoms with van der Waals surface area (Å²) in [6.07, 6.45) is 4.44. The van der Waals surface area contributed by atoms with Crippen LogP contribution < -0.4 is 16.4 Å². The van der Waals surface area contributed by atoms with E-state index < -0.39 is 0 Å². The van der Waals surface area contributed by atoms with Crippen LogP contribution in [0.15, 0.2) is 73.1 Å². The summed E-state index contributed by atoms with van der Waals surface area (Å²) in [5.74, 6) is -0.351. The molecule has 0 saturated heterocycles. The Hall–Kier alpha value is -3.67. The van der Waals surface area contributed by atoms with Gasteiger partial charge < -0.3 is 16.4 Å². The van der Waals surface area contributed by atoms with Gasteiger partial charge in [0.25, 0.3) is 5.91 Å². The third-order valence-electron chi connectivity index (χ3n) is 4.00. The molecular weight excluding hydrogens is 340 g/mol. The van der Waals surface area contributed by atoms with Crippen LogP contribution in [0.5, 0.6) is 0 Å². The van der Waals surface area contributed by atoms with Crippen LogP contribution in [0.4, 0.5) is 17.1 Å². The normalized spacial score (nSPS) is 10.2. The Kier molecular flexibility index (Phi) is 5.79. The second-order valence-corrected chi connectivity index (χ2v) is 6.03. The average molecular weight is 360 g/mol. The van der Waals surface area contributed by atoms with Crippen LogP contribution >= 0.6 is 0 Å². The zero-order chi connectivity index (χ0) is 19.1. The lowest BCUT2D eigenvalue weighted by molar-refractivity contribution is -0.116. The lowest BCUT2D eigenvalue weighted by atomic mass is 10.1. The van der Waals surface area contributed by atoms with E-state index in [2.05, 4.69) is 15.6 Å². The van der Waals surface area contributed by atoms with Gasteiger partial charge in [0.2, 0.25) is 5.91 Å². The van der Waals surface area contributed by atoms with Crippen LogP contribution in [0.3, 0.4) is 0 Å². The summed E-state index contributed by atoms with van der Waals surface area (Å²) < 4.78 is 0. The first-order chi connectivity index (χ1) is 13.1. The highest BCUT2D eigenvalue weighted by molar-refractivity contribution is 6.06. The number of pyridine rings is 1. The number of aryl methyl sites for hydroxylation is 1. The van der Waals surface area contributed by atoms with Crippen molar-refractivity contribution in [2.24, 2.45) is 0 Å². The molecule has 6 nitrogen and oxygen atoms in total. The number of nitrogens with two attached hydrogens (primary N) is 1. The summed E-state index contributed by atoms with van der Waals surface area (Å²) in [5.41, 5.74) is 9.03. The van der Waals surface area contributed by atoms with Gasteiger partial charge in [-0.15, -0.1) is 0 Å². The van der Waals surface area contributed by atoms with Crippen LogP contribution in [0.2, 0.25) is 0 Å². The summed E-state index contributed by atoms with van der Waals surface area (Å²) >= 11 is 0. The van der Waals surface area contributed by atoms with E-state index in [0.717, 1.165) is 5.56 Å². The fourth-order valence-electron chi connectivity index (χ4n) is 2.54. The van der Waals surface area contributed by atoms with Gasteiger partial charge in [0.15, 0.2) is 0 Å². The van der Waals surface area contributed by atoms with Crippen LogP contribution in [-0.4, -0.2) is 16.8 Å². The van der Waals surface area contributed by atoms with Crippen molar-refractivity contribution in [3.63, 3.8) is 0 Å². The molecule has 6 heteroatoms. The summed E-state index contributed by atoms with van der Waals surface area (Å²) in [7, 11) is 0. The number of nitrogen functional groups attached to an aromatic ring is 1. The predicted molar refractivity (Wildman–Crippen MR) is 106 cm³/mol. The maximum absolute atomic E-state index is 12.3. The molecule has 0 bridgehead atoms. The van der Waals surface area contributed by atoms with Crippen molar-refractivity contribution in [2.75, 3.05) is 16.4 Å². The number of rotatable bonds is 6. The Morgan fingerprint density at radius 3 is 2.41 bits per heavy atom. The van der Waals surface area contributed by atoms with Crippen molar-refractivity contribution in [3.05, 3.63) is 84.2 Å². The van der Waals surface area contributed by atoms with Crippen molar-refractivity contribution < 1.29 is 9.59 Å². The lowest BCUT2D eigenvalue weighted by Gasteiger charge is -2.09. The van der Waals surface area contributed by atoms with Gasteiger partial charge in [-0.05, 0) is 54.4 Å². The minimum atomic E-state index is -0.262. The number of para-hydroxylation sites is 2. The molecule has 136 valence electrons. The molecule has 0 aliphatic carbocycles. The SMILES string of the molecule is Nc1ccccc1NC(=O)c1ccc(NC(=O)CCc2cccnc2)cc1. The molecule has 0 atom stereocenters. The Labute approximate surface area is 157 Å². The van der Waals surface area contributed by atoms with Gasteiger partial charge >= 0.3 is 0 Å². The molecule has 3 rings (SSSR count). The predicted octanol–water partition coefficient (Wildman–Crippen LogP) is 3.49. The third-order valence-corrected chi connectivity index (χ3v) is 4.00. The van der Waals surface area contributed by atoms with E-state index in [9.17, 15) is 9.59 Å². The largest absolute Gasteiger partial charge is 0.397 e. The van der Waals surface area contributed by atoms with E-state index in [0.29, 0.717) is 35.5 Å². The van der Waals surface area contributed by atoms with Crippen LogP contribution in [-0.2, 0) is 11.2 Å². The number of carbonyl (C=O) groups is 2.